The highest BCUT2D eigenvalue weighted by Crippen LogP contribution is 2.23. The summed E-state index contributed by atoms with van der Waals surface area (Å²) >= 11 is 0. The molecular weight excluding hydrogens is 316 g/mol. The second-order valence-electron chi connectivity index (χ2n) is 6.07. The minimum absolute atomic E-state index is 0.0489. The smallest absolute Gasteiger partial charge is 0.336 e. The maximum atomic E-state index is 12.5. The Hall–Kier alpha value is -2.88. The van der Waals surface area contributed by atoms with Crippen molar-refractivity contribution in [1.82, 2.24) is 0 Å². The van der Waals surface area contributed by atoms with E-state index in [1.54, 1.807) is 6.07 Å². The molecule has 1 heterocycles. The zero-order valence-corrected chi connectivity index (χ0v) is 14.3. The van der Waals surface area contributed by atoms with Gasteiger partial charge in [0.2, 0.25) is 0 Å². The molecule has 0 spiro atoms. The second kappa shape index (κ2) is 7.34. The van der Waals surface area contributed by atoms with Crippen molar-refractivity contribution < 1.29 is 13.9 Å². The van der Waals surface area contributed by atoms with Crippen molar-refractivity contribution in [3.8, 4) is 0 Å². The minimum atomic E-state index is -0.445. The van der Waals surface area contributed by atoms with Gasteiger partial charge in [-0.15, -0.1) is 0 Å². The Bertz CT molecular complexity index is 941. The number of carbonyl (C=O) groups is 1. The van der Waals surface area contributed by atoms with E-state index in [-0.39, 0.29) is 18.5 Å². The van der Waals surface area contributed by atoms with Gasteiger partial charge in [0.15, 0.2) is 0 Å². The molecule has 1 unspecified atom stereocenters. The predicted octanol–water partition coefficient (Wildman–Crippen LogP) is 4.34. The number of benzene rings is 2. The number of fused-ring (bicyclic) bond motifs is 1. The van der Waals surface area contributed by atoms with Gasteiger partial charge in [-0.25, -0.2) is 4.79 Å². The number of esters is 1. The average molecular weight is 336 g/mol. The third-order valence-corrected chi connectivity index (χ3v) is 4.25. The van der Waals surface area contributed by atoms with E-state index in [4.69, 9.17) is 9.15 Å². The highest BCUT2D eigenvalue weighted by atomic mass is 16.5. The molecule has 0 aliphatic heterocycles. The number of ether oxygens (including phenoxy) is 1. The number of carbonyl (C=O) groups excluding carboxylic acids is 1. The first-order valence-electron chi connectivity index (χ1n) is 8.33. The number of aryl methyl sites for hydroxylation is 1. The molecule has 4 heteroatoms. The van der Waals surface area contributed by atoms with Crippen molar-refractivity contribution in [2.75, 3.05) is 0 Å². The summed E-state index contributed by atoms with van der Waals surface area (Å²) in [5.74, 6) is -0.600. The summed E-state index contributed by atoms with van der Waals surface area (Å²) in [6, 6.07) is 16.6. The topological polar surface area (TPSA) is 56.5 Å². The van der Waals surface area contributed by atoms with Crippen molar-refractivity contribution in [3.63, 3.8) is 0 Å². The van der Waals surface area contributed by atoms with Crippen LogP contribution in [-0.2, 0) is 16.1 Å². The van der Waals surface area contributed by atoms with E-state index in [9.17, 15) is 9.59 Å². The fraction of sp³-hybridized carbons (Fsp3) is 0.238. The average Bonchev–Trinajstić information content (AvgIpc) is 2.60. The molecule has 1 atom stereocenters. The summed E-state index contributed by atoms with van der Waals surface area (Å²) in [4.78, 5) is 24.3. The van der Waals surface area contributed by atoms with Crippen molar-refractivity contribution in [2.24, 2.45) is 0 Å². The predicted molar refractivity (Wildman–Crippen MR) is 96.5 cm³/mol. The standard InChI is InChI=1S/C21H20O4/c1-3-17(15-7-5-4-6-8-15)21(23)24-13-16-12-20(22)25-19-11-14(2)9-10-18(16)19/h4-12,17H,3,13H2,1-2H3. The summed E-state index contributed by atoms with van der Waals surface area (Å²) in [5.41, 5.74) is 2.65. The summed E-state index contributed by atoms with van der Waals surface area (Å²) in [6.45, 7) is 3.93. The van der Waals surface area contributed by atoms with Crippen LogP contribution < -0.4 is 5.63 Å². The summed E-state index contributed by atoms with van der Waals surface area (Å²) < 4.78 is 10.7. The lowest BCUT2D eigenvalue weighted by Crippen LogP contribution is -2.16. The van der Waals surface area contributed by atoms with Gasteiger partial charge in [-0.05, 0) is 30.5 Å². The number of hydrogen-bond acceptors (Lipinski definition) is 4. The zero-order valence-electron chi connectivity index (χ0n) is 14.3. The lowest BCUT2D eigenvalue weighted by molar-refractivity contribution is -0.146. The molecule has 3 rings (SSSR count). The van der Waals surface area contributed by atoms with E-state index in [1.165, 1.54) is 6.07 Å². The summed E-state index contributed by atoms with van der Waals surface area (Å²) in [7, 11) is 0. The molecule has 1 aromatic heterocycles. The monoisotopic (exact) mass is 336 g/mol. The Morgan fingerprint density at radius 3 is 2.60 bits per heavy atom. The Labute approximate surface area is 146 Å². The molecule has 0 aliphatic rings. The van der Waals surface area contributed by atoms with Crippen LogP contribution in [0.15, 0.2) is 63.8 Å². The Morgan fingerprint density at radius 1 is 1.12 bits per heavy atom. The molecule has 3 aromatic rings. The molecule has 0 saturated carbocycles. The van der Waals surface area contributed by atoms with E-state index < -0.39 is 5.63 Å². The van der Waals surface area contributed by atoms with Crippen LogP contribution in [0.25, 0.3) is 11.0 Å². The Morgan fingerprint density at radius 2 is 1.88 bits per heavy atom. The molecule has 25 heavy (non-hydrogen) atoms. The Kier molecular flexibility index (Phi) is 4.98. The SMILES string of the molecule is CCC(C(=O)OCc1cc(=O)oc2cc(C)ccc12)c1ccccc1. The third-order valence-electron chi connectivity index (χ3n) is 4.25. The first-order chi connectivity index (χ1) is 12.1. The van der Waals surface area contributed by atoms with Gasteiger partial charge in [-0.3, -0.25) is 4.79 Å². The lowest BCUT2D eigenvalue weighted by atomic mass is 9.97. The number of rotatable bonds is 5. The number of hydrogen-bond donors (Lipinski definition) is 0. The van der Waals surface area contributed by atoms with Crippen LogP contribution in [-0.4, -0.2) is 5.97 Å². The van der Waals surface area contributed by atoms with Crippen LogP contribution in [0.1, 0.15) is 36.0 Å². The van der Waals surface area contributed by atoms with Gasteiger partial charge >= 0.3 is 11.6 Å². The van der Waals surface area contributed by atoms with Gasteiger partial charge in [-0.2, -0.15) is 0 Å². The van der Waals surface area contributed by atoms with Gasteiger partial charge < -0.3 is 9.15 Å². The van der Waals surface area contributed by atoms with Crippen LogP contribution in [0.5, 0.6) is 0 Å². The molecule has 0 fully saturated rings. The van der Waals surface area contributed by atoms with Gasteiger partial charge in [-0.1, -0.05) is 49.4 Å². The molecule has 4 nitrogen and oxygen atoms in total. The summed E-state index contributed by atoms with van der Waals surface area (Å²) in [6.07, 6.45) is 0.652. The maximum absolute atomic E-state index is 12.5. The van der Waals surface area contributed by atoms with Crippen molar-refractivity contribution in [3.05, 3.63) is 81.7 Å². The molecule has 0 radical (unpaired) electrons. The molecule has 0 bridgehead atoms. The molecule has 0 amide bonds. The maximum Gasteiger partial charge on any atom is 0.336 e. The first kappa shape index (κ1) is 17.0. The van der Waals surface area contributed by atoms with Crippen molar-refractivity contribution in [1.29, 1.82) is 0 Å². The van der Waals surface area contributed by atoms with Gasteiger partial charge in [0.05, 0.1) is 5.92 Å². The largest absolute Gasteiger partial charge is 0.460 e. The van der Waals surface area contributed by atoms with Crippen molar-refractivity contribution >= 4 is 16.9 Å². The molecule has 0 aliphatic carbocycles. The minimum Gasteiger partial charge on any atom is -0.460 e. The first-order valence-corrected chi connectivity index (χ1v) is 8.33. The zero-order chi connectivity index (χ0) is 17.8. The molecule has 0 saturated heterocycles. The van der Waals surface area contributed by atoms with E-state index >= 15 is 0 Å². The van der Waals surface area contributed by atoms with Gasteiger partial charge in [0, 0.05) is 17.0 Å². The Balaban J connectivity index is 1.82. The highest BCUT2D eigenvalue weighted by molar-refractivity contribution is 5.82. The second-order valence-corrected chi connectivity index (χ2v) is 6.07. The van der Waals surface area contributed by atoms with Crippen LogP contribution in [0, 0.1) is 6.92 Å². The van der Waals surface area contributed by atoms with Crippen LogP contribution in [0.2, 0.25) is 0 Å². The fourth-order valence-corrected chi connectivity index (χ4v) is 2.93. The van der Waals surface area contributed by atoms with Crippen LogP contribution in [0.3, 0.4) is 0 Å². The highest BCUT2D eigenvalue weighted by Gasteiger charge is 2.20. The van der Waals surface area contributed by atoms with Crippen LogP contribution in [0.4, 0.5) is 0 Å². The third kappa shape index (κ3) is 3.79. The molecule has 2 aromatic carbocycles. The van der Waals surface area contributed by atoms with Gasteiger partial charge in [0.1, 0.15) is 12.2 Å². The molecular formula is C21H20O4. The normalized spacial score (nSPS) is 12.1. The van der Waals surface area contributed by atoms with E-state index in [0.29, 0.717) is 17.6 Å². The lowest BCUT2D eigenvalue weighted by Gasteiger charge is -2.15. The quantitative estimate of drug-likeness (QED) is 0.514. The fourth-order valence-electron chi connectivity index (χ4n) is 2.93. The van der Waals surface area contributed by atoms with Crippen LogP contribution >= 0.6 is 0 Å². The van der Waals surface area contributed by atoms with Crippen molar-refractivity contribution in [2.45, 2.75) is 32.8 Å². The molecule has 128 valence electrons. The molecule has 0 N–H and O–H groups in total. The summed E-state index contributed by atoms with van der Waals surface area (Å²) in [5, 5.41) is 0.783. The van der Waals surface area contributed by atoms with E-state index in [1.807, 2.05) is 56.3 Å². The van der Waals surface area contributed by atoms with E-state index in [2.05, 4.69) is 0 Å². The van der Waals surface area contributed by atoms with Gasteiger partial charge in [0.25, 0.3) is 0 Å². The van der Waals surface area contributed by atoms with E-state index in [0.717, 1.165) is 16.5 Å².